The van der Waals surface area contributed by atoms with Crippen LogP contribution in [0.3, 0.4) is 0 Å². The lowest BCUT2D eigenvalue weighted by Gasteiger charge is -2.14. The number of nitrogens with zero attached hydrogens (tertiary/aromatic N) is 1. The van der Waals surface area contributed by atoms with Crippen molar-refractivity contribution in [2.45, 2.75) is 20.8 Å². The Labute approximate surface area is 230 Å². The molecule has 1 aliphatic heterocycles. The van der Waals surface area contributed by atoms with E-state index in [0.717, 1.165) is 34.2 Å². The fourth-order valence-corrected chi connectivity index (χ4v) is 4.71. The predicted octanol–water partition coefficient (Wildman–Crippen LogP) is 6.40. The minimum absolute atomic E-state index is 0.153. The summed E-state index contributed by atoms with van der Waals surface area (Å²) in [4.78, 5) is 39.1. The van der Waals surface area contributed by atoms with Gasteiger partial charge in [0.1, 0.15) is 18.1 Å². The molecule has 0 radical (unpaired) electrons. The third-order valence-corrected chi connectivity index (χ3v) is 7.09. The van der Waals surface area contributed by atoms with Crippen LogP contribution in [-0.2, 0) is 9.59 Å². The van der Waals surface area contributed by atoms with E-state index < -0.39 is 0 Å². The van der Waals surface area contributed by atoms with E-state index in [1.165, 1.54) is 4.90 Å². The van der Waals surface area contributed by atoms with Gasteiger partial charge in [-0.05, 0) is 91.2 Å². The van der Waals surface area contributed by atoms with Gasteiger partial charge >= 0.3 is 0 Å². The highest BCUT2D eigenvalue weighted by atomic mass is 35.5. The standard InChI is InChI=1S/C29H27ClN2O5S/c1-18-7-8-20(3)25(13-18)36-12-11-32-28(34)26(38-29(32)35)15-21-5-4-6-23(14-21)37-17-27(33)31-22-10-9-19(2)24(30)16-22/h4-10,13-16H,11-12,17H2,1-3H3,(H,31,33)/b26-15-. The Bertz CT molecular complexity index is 1420. The van der Waals surface area contributed by atoms with E-state index in [1.807, 2.05) is 45.0 Å². The van der Waals surface area contributed by atoms with Crippen molar-refractivity contribution in [1.82, 2.24) is 4.90 Å². The van der Waals surface area contributed by atoms with Crippen LogP contribution < -0.4 is 14.8 Å². The quantitative estimate of drug-likeness (QED) is 0.310. The second-order valence-electron chi connectivity index (χ2n) is 8.82. The van der Waals surface area contributed by atoms with Crippen molar-refractivity contribution in [2.24, 2.45) is 0 Å². The number of halogens is 1. The molecule has 1 saturated heterocycles. The summed E-state index contributed by atoms with van der Waals surface area (Å²) in [6, 6.07) is 18.1. The van der Waals surface area contributed by atoms with E-state index in [-0.39, 0.29) is 36.8 Å². The van der Waals surface area contributed by atoms with Gasteiger partial charge in [-0.1, -0.05) is 41.9 Å². The van der Waals surface area contributed by atoms with Gasteiger partial charge in [0.25, 0.3) is 17.1 Å². The number of hydrogen-bond acceptors (Lipinski definition) is 6. The van der Waals surface area contributed by atoms with Crippen LogP contribution in [0.15, 0.2) is 65.6 Å². The number of hydrogen-bond donors (Lipinski definition) is 1. The molecule has 196 valence electrons. The fraction of sp³-hybridized carbons (Fsp3) is 0.207. The molecule has 0 aromatic heterocycles. The molecule has 38 heavy (non-hydrogen) atoms. The molecule has 3 amide bonds. The number of carbonyl (C=O) groups excluding carboxylic acids is 3. The number of imide groups is 1. The SMILES string of the molecule is Cc1ccc(C)c(OCCN2C(=O)S/C(=C\c3cccc(OCC(=O)Nc4ccc(C)c(Cl)c4)c3)C2=O)c1. The third kappa shape index (κ3) is 6.96. The molecule has 0 saturated carbocycles. The Morgan fingerprint density at radius 1 is 1.00 bits per heavy atom. The molecule has 3 aromatic rings. The maximum absolute atomic E-state index is 12.9. The highest BCUT2D eigenvalue weighted by Crippen LogP contribution is 2.32. The largest absolute Gasteiger partial charge is 0.491 e. The number of aryl methyl sites for hydroxylation is 3. The maximum atomic E-state index is 12.9. The molecular formula is C29H27ClN2O5S. The van der Waals surface area contributed by atoms with Crippen LogP contribution in [-0.4, -0.2) is 41.7 Å². The Hall–Kier alpha value is -3.75. The van der Waals surface area contributed by atoms with E-state index in [9.17, 15) is 14.4 Å². The zero-order valence-electron chi connectivity index (χ0n) is 21.2. The Balaban J connectivity index is 1.33. The van der Waals surface area contributed by atoms with Crippen LogP contribution in [0, 0.1) is 20.8 Å². The monoisotopic (exact) mass is 550 g/mol. The summed E-state index contributed by atoms with van der Waals surface area (Å²) >= 11 is 6.99. The van der Waals surface area contributed by atoms with Gasteiger partial charge in [0, 0.05) is 10.7 Å². The number of ether oxygens (including phenoxy) is 2. The molecule has 9 heteroatoms. The van der Waals surface area contributed by atoms with Crippen molar-refractivity contribution < 1.29 is 23.9 Å². The van der Waals surface area contributed by atoms with Crippen LogP contribution in [0.4, 0.5) is 10.5 Å². The average molecular weight is 551 g/mol. The molecule has 1 fully saturated rings. The molecule has 0 atom stereocenters. The second kappa shape index (κ2) is 12.2. The number of carbonyl (C=O) groups is 3. The van der Waals surface area contributed by atoms with Gasteiger partial charge in [0.2, 0.25) is 0 Å². The molecule has 0 spiro atoms. The lowest BCUT2D eigenvalue weighted by molar-refractivity contribution is -0.123. The molecule has 0 unspecified atom stereocenters. The number of rotatable bonds is 9. The summed E-state index contributed by atoms with van der Waals surface area (Å²) < 4.78 is 11.4. The minimum Gasteiger partial charge on any atom is -0.491 e. The van der Waals surface area contributed by atoms with E-state index in [2.05, 4.69) is 5.32 Å². The molecule has 4 rings (SSSR count). The number of anilines is 1. The van der Waals surface area contributed by atoms with Gasteiger partial charge in [0.05, 0.1) is 11.4 Å². The zero-order chi connectivity index (χ0) is 27.2. The fourth-order valence-electron chi connectivity index (χ4n) is 3.66. The first-order valence-corrected chi connectivity index (χ1v) is 13.1. The van der Waals surface area contributed by atoms with Gasteiger partial charge in [-0.25, -0.2) is 0 Å². The van der Waals surface area contributed by atoms with Gasteiger partial charge in [-0.3, -0.25) is 19.3 Å². The van der Waals surface area contributed by atoms with Crippen LogP contribution in [0.25, 0.3) is 6.08 Å². The van der Waals surface area contributed by atoms with Crippen molar-refractivity contribution >= 4 is 52.2 Å². The molecular weight excluding hydrogens is 524 g/mol. The molecule has 7 nitrogen and oxygen atoms in total. The van der Waals surface area contributed by atoms with E-state index in [1.54, 1.807) is 42.5 Å². The summed E-state index contributed by atoms with van der Waals surface area (Å²) in [5.74, 6) is 0.490. The minimum atomic E-state index is -0.368. The highest BCUT2D eigenvalue weighted by molar-refractivity contribution is 8.18. The second-order valence-corrected chi connectivity index (χ2v) is 10.2. The van der Waals surface area contributed by atoms with Gasteiger partial charge in [0.15, 0.2) is 6.61 Å². The van der Waals surface area contributed by atoms with E-state index in [0.29, 0.717) is 26.9 Å². The first-order valence-electron chi connectivity index (χ1n) is 11.9. The van der Waals surface area contributed by atoms with E-state index in [4.69, 9.17) is 21.1 Å². The number of benzene rings is 3. The number of nitrogens with one attached hydrogen (secondary N) is 1. The molecule has 1 heterocycles. The van der Waals surface area contributed by atoms with Crippen LogP contribution in [0.2, 0.25) is 5.02 Å². The third-order valence-electron chi connectivity index (χ3n) is 5.77. The Morgan fingerprint density at radius 2 is 1.79 bits per heavy atom. The van der Waals surface area contributed by atoms with Crippen molar-refractivity contribution in [3.63, 3.8) is 0 Å². The lowest BCUT2D eigenvalue weighted by Crippen LogP contribution is -2.32. The number of thioether (sulfide) groups is 1. The van der Waals surface area contributed by atoms with Crippen molar-refractivity contribution in [1.29, 1.82) is 0 Å². The van der Waals surface area contributed by atoms with Gasteiger partial charge in [-0.2, -0.15) is 0 Å². The maximum Gasteiger partial charge on any atom is 0.293 e. The smallest absolute Gasteiger partial charge is 0.293 e. The summed E-state index contributed by atoms with van der Waals surface area (Å²) in [6.07, 6.45) is 1.64. The Kier molecular flexibility index (Phi) is 8.76. The van der Waals surface area contributed by atoms with Crippen LogP contribution >= 0.6 is 23.4 Å². The lowest BCUT2D eigenvalue weighted by atomic mass is 10.1. The molecule has 0 bridgehead atoms. The van der Waals surface area contributed by atoms with Crippen LogP contribution in [0.1, 0.15) is 22.3 Å². The Morgan fingerprint density at radius 3 is 2.58 bits per heavy atom. The van der Waals surface area contributed by atoms with Crippen molar-refractivity contribution in [3.8, 4) is 11.5 Å². The highest BCUT2D eigenvalue weighted by Gasteiger charge is 2.34. The summed E-state index contributed by atoms with van der Waals surface area (Å²) in [5.41, 5.74) is 4.23. The van der Waals surface area contributed by atoms with Gasteiger partial charge in [-0.15, -0.1) is 0 Å². The summed E-state index contributed by atoms with van der Waals surface area (Å²) in [6.45, 7) is 5.96. The number of amides is 3. The molecule has 1 N–H and O–H groups in total. The summed E-state index contributed by atoms with van der Waals surface area (Å²) in [5, 5.41) is 2.96. The molecule has 3 aromatic carbocycles. The predicted molar refractivity (Wildman–Crippen MR) is 151 cm³/mol. The van der Waals surface area contributed by atoms with Crippen molar-refractivity contribution in [3.05, 3.63) is 92.8 Å². The molecule has 0 aliphatic carbocycles. The van der Waals surface area contributed by atoms with Crippen molar-refractivity contribution in [2.75, 3.05) is 25.1 Å². The topological polar surface area (TPSA) is 84.9 Å². The van der Waals surface area contributed by atoms with Gasteiger partial charge < -0.3 is 14.8 Å². The zero-order valence-corrected chi connectivity index (χ0v) is 22.8. The summed E-state index contributed by atoms with van der Waals surface area (Å²) in [7, 11) is 0. The van der Waals surface area contributed by atoms with Crippen LogP contribution in [0.5, 0.6) is 11.5 Å². The molecule has 1 aliphatic rings. The normalized spacial score (nSPS) is 14.2. The average Bonchev–Trinajstić information content (AvgIpc) is 3.14. The first-order chi connectivity index (χ1) is 18.2. The van der Waals surface area contributed by atoms with E-state index >= 15 is 0 Å². The first kappa shape index (κ1) is 27.3.